The van der Waals surface area contributed by atoms with Gasteiger partial charge in [-0.2, -0.15) is 0 Å². The van der Waals surface area contributed by atoms with Gasteiger partial charge in [0, 0.05) is 23.4 Å². The zero-order valence-electron chi connectivity index (χ0n) is 21.9. The van der Waals surface area contributed by atoms with Crippen molar-refractivity contribution in [3.63, 3.8) is 0 Å². The van der Waals surface area contributed by atoms with Gasteiger partial charge < -0.3 is 24.7 Å². The van der Waals surface area contributed by atoms with Crippen LogP contribution < -0.4 is 20.3 Å². The Bertz CT molecular complexity index is 1470. The van der Waals surface area contributed by atoms with Crippen LogP contribution in [-0.4, -0.2) is 22.6 Å². The number of thiocarbonyl (C=S) groups is 1. The summed E-state index contributed by atoms with van der Waals surface area (Å²) < 4.78 is 12.0. The Labute approximate surface area is 238 Å². The zero-order chi connectivity index (χ0) is 27.5. The molecule has 1 aliphatic heterocycles. The number of hydrogen-bond donors (Lipinski definition) is 2. The Hall–Kier alpha value is -3.88. The lowest BCUT2D eigenvalue weighted by Gasteiger charge is -2.26. The number of pyridine rings is 1. The number of ether oxygens (including phenoxy) is 1. The minimum Gasteiger partial charge on any atom is -0.494 e. The second kappa shape index (κ2) is 11.5. The van der Waals surface area contributed by atoms with Crippen LogP contribution in [0.15, 0.2) is 83.4 Å². The molecule has 1 aliphatic rings. The molecule has 0 radical (unpaired) electrons. The average molecular weight is 561 g/mol. The molecule has 1 amide bonds. The van der Waals surface area contributed by atoms with E-state index < -0.39 is 0 Å². The molecule has 39 heavy (non-hydrogen) atoms. The summed E-state index contributed by atoms with van der Waals surface area (Å²) >= 11 is 12.4. The maximum absolute atomic E-state index is 12.2. The highest BCUT2D eigenvalue weighted by molar-refractivity contribution is 7.80. The topological polar surface area (TPSA) is 79.6 Å². The number of amides is 1. The number of anilines is 2. The quantitative estimate of drug-likeness (QED) is 0.221. The van der Waals surface area contributed by atoms with Crippen LogP contribution in [0.25, 0.3) is 11.3 Å². The Balaban J connectivity index is 1.51. The van der Waals surface area contributed by atoms with Gasteiger partial charge in [-0.05, 0) is 85.9 Å². The lowest BCUT2D eigenvalue weighted by atomic mass is 10.0. The largest absolute Gasteiger partial charge is 0.494 e. The van der Waals surface area contributed by atoms with E-state index in [1.54, 1.807) is 18.3 Å². The number of furan rings is 1. The number of carbonyl (C=O) groups is 1. The van der Waals surface area contributed by atoms with Crippen molar-refractivity contribution in [3.8, 4) is 17.1 Å². The molecule has 0 bridgehead atoms. The van der Waals surface area contributed by atoms with Crippen LogP contribution in [0, 0.1) is 5.92 Å². The molecule has 0 aliphatic carbocycles. The molecular formula is C30H29ClN4O3S. The number of benzene rings is 2. The summed E-state index contributed by atoms with van der Waals surface area (Å²) in [6.45, 7) is 6.23. The highest BCUT2D eigenvalue weighted by Crippen LogP contribution is 2.44. The third-order valence-corrected chi connectivity index (χ3v) is 7.11. The number of hydrogen-bond acceptors (Lipinski definition) is 5. The molecular weight excluding hydrogens is 532 g/mol. The molecule has 3 heterocycles. The first-order valence-corrected chi connectivity index (χ1v) is 13.6. The molecule has 0 saturated carbocycles. The monoisotopic (exact) mass is 560 g/mol. The van der Waals surface area contributed by atoms with E-state index in [2.05, 4.69) is 15.6 Å². The van der Waals surface area contributed by atoms with Gasteiger partial charge in [0.05, 0.1) is 29.1 Å². The van der Waals surface area contributed by atoms with Crippen LogP contribution in [-0.2, 0) is 4.79 Å². The first-order valence-electron chi connectivity index (χ1n) is 12.8. The summed E-state index contributed by atoms with van der Waals surface area (Å²) in [7, 11) is 0. The van der Waals surface area contributed by atoms with Crippen molar-refractivity contribution in [1.82, 2.24) is 10.3 Å². The molecule has 5 rings (SSSR count). The number of nitrogens with zero attached hydrogens (tertiary/aromatic N) is 2. The molecule has 7 nitrogen and oxygen atoms in total. The predicted molar refractivity (Wildman–Crippen MR) is 158 cm³/mol. The molecule has 2 N–H and O–H groups in total. The van der Waals surface area contributed by atoms with Crippen LogP contribution in [0.5, 0.6) is 5.75 Å². The molecule has 1 fully saturated rings. The molecule has 0 spiro atoms. The van der Waals surface area contributed by atoms with Crippen molar-refractivity contribution in [1.29, 1.82) is 0 Å². The Morgan fingerprint density at radius 1 is 1.15 bits per heavy atom. The average Bonchev–Trinajstić information content (AvgIpc) is 3.55. The minimum atomic E-state index is -0.337. The van der Waals surface area contributed by atoms with Crippen LogP contribution in [0.4, 0.5) is 11.4 Å². The number of nitrogens with one attached hydrogen (secondary N) is 2. The second-order valence-electron chi connectivity index (χ2n) is 9.46. The van der Waals surface area contributed by atoms with Gasteiger partial charge in [-0.15, -0.1) is 0 Å². The maximum atomic E-state index is 12.2. The van der Waals surface area contributed by atoms with Crippen LogP contribution in [0.3, 0.4) is 0 Å². The molecule has 0 unspecified atom stereocenters. The molecule has 200 valence electrons. The van der Waals surface area contributed by atoms with Gasteiger partial charge in [0.15, 0.2) is 5.11 Å². The Morgan fingerprint density at radius 2 is 1.95 bits per heavy atom. The summed E-state index contributed by atoms with van der Waals surface area (Å²) in [6, 6.07) is 22.4. The number of halogens is 1. The summed E-state index contributed by atoms with van der Waals surface area (Å²) in [5.74, 6) is 1.99. The molecule has 4 aromatic rings. The van der Waals surface area contributed by atoms with E-state index in [0.717, 1.165) is 34.2 Å². The van der Waals surface area contributed by atoms with E-state index in [1.165, 1.54) is 0 Å². The van der Waals surface area contributed by atoms with Crippen molar-refractivity contribution in [2.24, 2.45) is 5.92 Å². The van der Waals surface area contributed by atoms with Gasteiger partial charge in [0.2, 0.25) is 5.91 Å². The van der Waals surface area contributed by atoms with Gasteiger partial charge >= 0.3 is 0 Å². The van der Waals surface area contributed by atoms with Gasteiger partial charge in [0.25, 0.3) is 0 Å². The lowest BCUT2D eigenvalue weighted by molar-refractivity contribution is -0.118. The zero-order valence-corrected chi connectivity index (χ0v) is 23.4. The van der Waals surface area contributed by atoms with E-state index in [9.17, 15) is 4.79 Å². The third kappa shape index (κ3) is 5.62. The van der Waals surface area contributed by atoms with E-state index in [1.807, 2.05) is 86.3 Å². The standard InChI is InChI=1S/C30H29ClN4O3S/c1-4-37-21-11-8-19(9-12-21)25-14-15-26(38-25)28-27(24-7-5-6-16-32-24)34-30(39)35(28)20-10-13-23(22(31)17-20)33-29(36)18(2)3/h5-18,27-28H,4H2,1-3H3,(H,33,36)(H,34,39)/t27-,28+/m1/s1. The smallest absolute Gasteiger partial charge is 0.226 e. The van der Waals surface area contributed by atoms with Crippen molar-refractivity contribution in [2.75, 3.05) is 16.8 Å². The number of rotatable bonds is 8. The fourth-order valence-electron chi connectivity index (χ4n) is 4.50. The SMILES string of the molecule is CCOc1ccc(-c2ccc([C@H]3[C@@H](c4ccccn4)NC(=S)N3c3ccc(NC(=O)C(C)C)c(Cl)c3)o2)cc1. The Kier molecular flexibility index (Phi) is 7.86. The first kappa shape index (κ1) is 26.7. The van der Waals surface area contributed by atoms with Crippen LogP contribution in [0.1, 0.15) is 44.3 Å². The van der Waals surface area contributed by atoms with E-state index in [0.29, 0.717) is 22.4 Å². The van der Waals surface area contributed by atoms with Crippen molar-refractivity contribution < 1.29 is 13.9 Å². The molecule has 1 saturated heterocycles. The lowest BCUT2D eigenvalue weighted by Crippen LogP contribution is -2.29. The Morgan fingerprint density at radius 3 is 2.62 bits per heavy atom. The van der Waals surface area contributed by atoms with Gasteiger partial charge in [-0.3, -0.25) is 9.78 Å². The first-order chi connectivity index (χ1) is 18.9. The molecule has 2 aromatic heterocycles. The highest BCUT2D eigenvalue weighted by Gasteiger charge is 2.42. The van der Waals surface area contributed by atoms with Crippen LogP contribution >= 0.6 is 23.8 Å². The molecule has 9 heteroatoms. The summed E-state index contributed by atoms with van der Waals surface area (Å²) in [6.07, 6.45) is 1.76. The van der Waals surface area contributed by atoms with Gasteiger partial charge in [-0.1, -0.05) is 31.5 Å². The van der Waals surface area contributed by atoms with Gasteiger partial charge in [-0.25, -0.2) is 0 Å². The number of aromatic nitrogens is 1. The summed E-state index contributed by atoms with van der Waals surface area (Å²) in [5, 5.41) is 7.23. The second-order valence-corrected chi connectivity index (χ2v) is 10.3. The van der Waals surface area contributed by atoms with Crippen molar-refractivity contribution >= 4 is 46.2 Å². The van der Waals surface area contributed by atoms with Crippen molar-refractivity contribution in [2.45, 2.75) is 32.9 Å². The van der Waals surface area contributed by atoms with Gasteiger partial charge in [0.1, 0.15) is 23.3 Å². The summed E-state index contributed by atoms with van der Waals surface area (Å²) in [4.78, 5) is 18.8. The minimum absolute atomic E-state index is 0.103. The maximum Gasteiger partial charge on any atom is 0.226 e. The summed E-state index contributed by atoms with van der Waals surface area (Å²) in [5.41, 5.74) is 3.08. The number of carbonyl (C=O) groups excluding carboxylic acids is 1. The fourth-order valence-corrected chi connectivity index (χ4v) is 5.07. The fraction of sp³-hybridized carbons (Fsp3) is 0.233. The van der Waals surface area contributed by atoms with Crippen molar-refractivity contribution in [3.05, 3.63) is 95.5 Å². The van der Waals surface area contributed by atoms with E-state index in [-0.39, 0.29) is 23.9 Å². The molecule has 2 aromatic carbocycles. The third-order valence-electron chi connectivity index (χ3n) is 6.48. The predicted octanol–water partition coefficient (Wildman–Crippen LogP) is 7.17. The normalized spacial score (nSPS) is 16.8. The van der Waals surface area contributed by atoms with E-state index in [4.69, 9.17) is 33.0 Å². The molecule has 2 atom stereocenters. The highest BCUT2D eigenvalue weighted by atomic mass is 35.5. The van der Waals surface area contributed by atoms with Crippen LogP contribution in [0.2, 0.25) is 5.02 Å². The van der Waals surface area contributed by atoms with E-state index >= 15 is 0 Å².